The molecule has 1 N–H and O–H groups in total. The molecule has 0 bridgehead atoms. The van der Waals surface area contributed by atoms with Crippen LogP contribution in [-0.4, -0.2) is 20.5 Å². The standard InChI is InChI=1S/C15H20N4O2/c1-12(2)16-9-14-10-18(11-17-14)8-7-13-3-5-15(6-4-13)19(20)21/h3-6,10-12,16H,7-9H2,1-2H3. The largest absolute Gasteiger partial charge is 0.337 e. The zero-order chi connectivity index (χ0) is 15.2. The second-order valence-electron chi connectivity index (χ2n) is 5.31. The maximum atomic E-state index is 10.6. The van der Waals surface area contributed by atoms with Crippen molar-refractivity contribution in [3.63, 3.8) is 0 Å². The monoisotopic (exact) mass is 288 g/mol. The van der Waals surface area contributed by atoms with Crippen LogP contribution in [0.4, 0.5) is 5.69 Å². The van der Waals surface area contributed by atoms with Gasteiger partial charge in [0, 0.05) is 37.5 Å². The number of hydrogen-bond donors (Lipinski definition) is 1. The molecule has 112 valence electrons. The van der Waals surface area contributed by atoms with Gasteiger partial charge in [-0.15, -0.1) is 0 Å². The van der Waals surface area contributed by atoms with Gasteiger partial charge in [-0.05, 0) is 12.0 Å². The third-order valence-electron chi connectivity index (χ3n) is 3.18. The van der Waals surface area contributed by atoms with Gasteiger partial charge >= 0.3 is 0 Å². The van der Waals surface area contributed by atoms with E-state index < -0.39 is 0 Å². The molecule has 0 saturated carbocycles. The van der Waals surface area contributed by atoms with Crippen LogP contribution >= 0.6 is 0 Å². The van der Waals surface area contributed by atoms with Crippen molar-refractivity contribution < 1.29 is 4.92 Å². The van der Waals surface area contributed by atoms with Crippen molar-refractivity contribution in [1.82, 2.24) is 14.9 Å². The Morgan fingerprint density at radius 2 is 2.05 bits per heavy atom. The van der Waals surface area contributed by atoms with E-state index >= 15 is 0 Å². The summed E-state index contributed by atoms with van der Waals surface area (Å²) in [6.07, 6.45) is 4.68. The van der Waals surface area contributed by atoms with E-state index in [0.29, 0.717) is 6.04 Å². The lowest BCUT2D eigenvalue weighted by Crippen LogP contribution is -2.21. The second kappa shape index (κ2) is 6.99. The van der Waals surface area contributed by atoms with Crippen molar-refractivity contribution in [2.24, 2.45) is 0 Å². The zero-order valence-electron chi connectivity index (χ0n) is 12.3. The van der Waals surface area contributed by atoms with E-state index in [-0.39, 0.29) is 10.6 Å². The molecule has 0 saturated heterocycles. The van der Waals surface area contributed by atoms with Gasteiger partial charge in [-0.3, -0.25) is 10.1 Å². The average Bonchev–Trinajstić information content (AvgIpc) is 2.91. The highest BCUT2D eigenvalue weighted by Gasteiger charge is 2.04. The summed E-state index contributed by atoms with van der Waals surface area (Å²) < 4.78 is 2.04. The van der Waals surface area contributed by atoms with E-state index in [2.05, 4.69) is 24.1 Å². The number of aromatic nitrogens is 2. The molecule has 21 heavy (non-hydrogen) atoms. The van der Waals surface area contributed by atoms with Crippen molar-refractivity contribution in [2.75, 3.05) is 0 Å². The number of non-ortho nitro benzene ring substituents is 1. The molecule has 1 aromatic carbocycles. The quantitative estimate of drug-likeness (QED) is 0.627. The molecule has 0 amide bonds. The van der Waals surface area contributed by atoms with Crippen LogP contribution in [-0.2, 0) is 19.5 Å². The van der Waals surface area contributed by atoms with Crippen LogP contribution in [0.2, 0.25) is 0 Å². The van der Waals surface area contributed by atoms with Crippen LogP contribution in [0.15, 0.2) is 36.8 Å². The Bertz CT molecular complexity index is 590. The molecule has 2 aromatic rings. The Balaban J connectivity index is 1.86. The van der Waals surface area contributed by atoms with Crippen LogP contribution in [0, 0.1) is 10.1 Å². The summed E-state index contributed by atoms with van der Waals surface area (Å²) in [5, 5.41) is 13.9. The van der Waals surface area contributed by atoms with Crippen LogP contribution in [0.25, 0.3) is 0 Å². The molecule has 0 spiro atoms. The molecule has 0 aliphatic rings. The number of hydrogen-bond acceptors (Lipinski definition) is 4. The van der Waals surface area contributed by atoms with Gasteiger partial charge in [0.1, 0.15) is 0 Å². The van der Waals surface area contributed by atoms with Gasteiger partial charge in [-0.25, -0.2) is 4.98 Å². The van der Waals surface area contributed by atoms with E-state index in [1.165, 1.54) is 0 Å². The number of aryl methyl sites for hydroxylation is 2. The molecule has 0 fully saturated rings. The molecular formula is C15H20N4O2. The maximum absolute atomic E-state index is 10.6. The first-order valence-corrected chi connectivity index (χ1v) is 7.02. The SMILES string of the molecule is CC(C)NCc1cn(CCc2ccc([N+](=O)[O-])cc2)cn1. The minimum absolute atomic E-state index is 0.128. The first kappa shape index (κ1) is 15.2. The summed E-state index contributed by atoms with van der Waals surface area (Å²) in [6.45, 7) is 5.78. The predicted molar refractivity (Wildman–Crippen MR) is 81.0 cm³/mol. The Kier molecular flexibility index (Phi) is 5.05. The van der Waals surface area contributed by atoms with Crippen LogP contribution < -0.4 is 5.32 Å². The van der Waals surface area contributed by atoms with E-state index in [4.69, 9.17) is 0 Å². The van der Waals surface area contributed by atoms with Gasteiger partial charge in [0.05, 0.1) is 16.9 Å². The van der Waals surface area contributed by atoms with E-state index in [9.17, 15) is 10.1 Å². The van der Waals surface area contributed by atoms with Gasteiger partial charge in [0.2, 0.25) is 0 Å². The summed E-state index contributed by atoms with van der Waals surface area (Å²) >= 11 is 0. The number of benzene rings is 1. The minimum Gasteiger partial charge on any atom is -0.337 e. The molecule has 0 aliphatic carbocycles. The summed E-state index contributed by atoms with van der Waals surface area (Å²) in [6, 6.07) is 7.13. The molecule has 6 nitrogen and oxygen atoms in total. The normalized spacial score (nSPS) is 11.0. The van der Waals surface area contributed by atoms with Gasteiger partial charge in [0.25, 0.3) is 5.69 Å². The number of nitro benzene ring substituents is 1. The Morgan fingerprint density at radius 1 is 1.33 bits per heavy atom. The highest BCUT2D eigenvalue weighted by atomic mass is 16.6. The van der Waals surface area contributed by atoms with Crippen LogP contribution in [0.3, 0.4) is 0 Å². The molecule has 6 heteroatoms. The smallest absolute Gasteiger partial charge is 0.269 e. The Labute approximate surface area is 124 Å². The first-order chi connectivity index (χ1) is 10.0. The fraction of sp³-hybridized carbons (Fsp3) is 0.400. The molecule has 0 unspecified atom stereocenters. The molecule has 2 rings (SSSR count). The van der Waals surface area contributed by atoms with Crippen molar-refractivity contribution in [2.45, 2.75) is 39.4 Å². The Morgan fingerprint density at radius 3 is 2.67 bits per heavy atom. The molecule has 0 radical (unpaired) electrons. The second-order valence-corrected chi connectivity index (χ2v) is 5.31. The lowest BCUT2D eigenvalue weighted by Gasteiger charge is -2.05. The van der Waals surface area contributed by atoms with Crippen molar-refractivity contribution in [1.29, 1.82) is 0 Å². The minimum atomic E-state index is -0.381. The Hall–Kier alpha value is -2.21. The van der Waals surface area contributed by atoms with Crippen molar-refractivity contribution >= 4 is 5.69 Å². The zero-order valence-corrected chi connectivity index (χ0v) is 12.3. The topological polar surface area (TPSA) is 73.0 Å². The first-order valence-electron chi connectivity index (χ1n) is 7.02. The number of rotatable bonds is 7. The molecule has 0 aliphatic heterocycles. The maximum Gasteiger partial charge on any atom is 0.269 e. The predicted octanol–water partition coefficient (Wildman–Crippen LogP) is 2.53. The fourth-order valence-electron chi connectivity index (χ4n) is 1.97. The van der Waals surface area contributed by atoms with Gasteiger partial charge in [0.15, 0.2) is 0 Å². The van der Waals surface area contributed by atoms with Crippen molar-refractivity contribution in [3.05, 3.63) is 58.2 Å². The average molecular weight is 288 g/mol. The van der Waals surface area contributed by atoms with Crippen LogP contribution in [0.1, 0.15) is 25.1 Å². The number of imidazole rings is 1. The van der Waals surface area contributed by atoms with Crippen LogP contribution in [0.5, 0.6) is 0 Å². The third kappa shape index (κ3) is 4.68. The van der Waals surface area contributed by atoms with Gasteiger partial charge in [-0.2, -0.15) is 0 Å². The van der Waals surface area contributed by atoms with E-state index in [1.54, 1.807) is 24.3 Å². The highest BCUT2D eigenvalue weighted by molar-refractivity contribution is 5.32. The number of nitro groups is 1. The molecule has 1 heterocycles. The number of nitrogens with zero attached hydrogens (tertiary/aromatic N) is 3. The summed E-state index contributed by atoms with van der Waals surface area (Å²) in [5.74, 6) is 0. The third-order valence-corrected chi connectivity index (χ3v) is 3.18. The molecular weight excluding hydrogens is 268 g/mol. The lowest BCUT2D eigenvalue weighted by molar-refractivity contribution is -0.384. The summed E-state index contributed by atoms with van der Waals surface area (Å²) in [5.41, 5.74) is 2.23. The lowest BCUT2D eigenvalue weighted by atomic mass is 10.1. The van der Waals surface area contributed by atoms with Crippen molar-refractivity contribution in [3.8, 4) is 0 Å². The van der Waals surface area contributed by atoms with Gasteiger partial charge < -0.3 is 9.88 Å². The van der Waals surface area contributed by atoms with E-state index in [1.807, 2.05) is 17.1 Å². The fourth-order valence-corrected chi connectivity index (χ4v) is 1.97. The molecule has 0 atom stereocenters. The highest BCUT2D eigenvalue weighted by Crippen LogP contribution is 2.12. The van der Waals surface area contributed by atoms with Gasteiger partial charge in [-0.1, -0.05) is 26.0 Å². The molecule has 1 aromatic heterocycles. The summed E-state index contributed by atoms with van der Waals surface area (Å²) in [4.78, 5) is 14.6. The van der Waals surface area contributed by atoms with E-state index in [0.717, 1.165) is 30.8 Å². The number of nitrogens with one attached hydrogen (secondary N) is 1. The summed E-state index contributed by atoms with van der Waals surface area (Å²) in [7, 11) is 0.